The number of imide groups is 1. The molecule has 0 bridgehead atoms. The van der Waals surface area contributed by atoms with E-state index in [4.69, 9.17) is 0 Å². The van der Waals surface area contributed by atoms with E-state index in [1.165, 1.54) is 0 Å². The molecule has 0 heterocycles. The predicted octanol–water partition coefficient (Wildman–Crippen LogP) is 1.97. The van der Waals surface area contributed by atoms with E-state index in [2.05, 4.69) is 5.32 Å². The van der Waals surface area contributed by atoms with Gasteiger partial charge in [0.25, 0.3) is 0 Å². The van der Waals surface area contributed by atoms with Gasteiger partial charge in [0.15, 0.2) is 0 Å². The van der Waals surface area contributed by atoms with Gasteiger partial charge in [-0.2, -0.15) is 0 Å². The Labute approximate surface area is 81.4 Å². The van der Waals surface area contributed by atoms with Crippen LogP contribution in [0, 0.1) is 10.8 Å². The fraction of sp³-hybridized carbons (Fsp3) is 0.800. The molecule has 0 aromatic heterocycles. The van der Waals surface area contributed by atoms with Crippen molar-refractivity contribution in [1.29, 1.82) is 0 Å². The van der Waals surface area contributed by atoms with Crippen LogP contribution < -0.4 is 5.32 Å². The summed E-state index contributed by atoms with van der Waals surface area (Å²) in [6.07, 6.45) is 0. The highest BCUT2D eigenvalue weighted by molar-refractivity contribution is 5.99. The number of carbonyl (C=O) groups excluding carboxylic acids is 2. The Balaban J connectivity index is 0. The van der Waals surface area contributed by atoms with E-state index in [1.807, 2.05) is 0 Å². The Hall–Kier alpha value is -0.860. The molecule has 0 radical (unpaired) electrons. The smallest absolute Gasteiger partial charge is 0.231 e. The third-order valence-corrected chi connectivity index (χ3v) is 1.59. The largest absolute Gasteiger partial charge is 0.296 e. The Kier molecular flexibility index (Phi) is 3.25. The van der Waals surface area contributed by atoms with Gasteiger partial charge in [-0.3, -0.25) is 14.9 Å². The zero-order valence-corrected chi connectivity index (χ0v) is 9.32. The molecule has 0 unspecified atom stereocenters. The Morgan fingerprint density at radius 1 is 0.846 bits per heavy atom. The molecular formula is C10H21NO2. The number of amides is 2. The summed E-state index contributed by atoms with van der Waals surface area (Å²) in [5.74, 6) is -0.458. The summed E-state index contributed by atoms with van der Waals surface area (Å²) < 4.78 is 0. The maximum atomic E-state index is 11.4. The lowest BCUT2D eigenvalue weighted by Gasteiger charge is -2.21. The third kappa shape index (κ3) is 4.06. The van der Waals surface area contributed by atoms with Crippen molar-refractivity contribution in [3.05, 3.63) is 0 Å². The van der Waals surface area contributed by atoms with E-state index < -0.39 is 10.8 Å². The van der Waals surface area contributed by atoms with E-state index in [0.29, 0.717) is 0 Å². The number of nitrogens with one attached hydrogen (secondary N) is 1. The SMILES string of the molecule is CC(C)(C)C(=O)NC(=O)C(C)(C)C.[HH]. The lowest BCUT2D eigenvalue weighted by molar-refractivity contribution is -0.139. The Bertz CT molecular complexity index is 199. The molecule has 0 rings (SSSR count). The maximum absolute atomic E-state index is 11.4. The average Bonchev–Trinajstić information content (AvgIpc) is 1.82. The quantitative estimate of drug-likeness (QED) is 0.630. The fourth-order valence-corrected chi connectivity index (χ4v) is 0.478. The van der Waals surface area contributed by atoms with Gasteiger partial charge in [0, 0.05) is 12.3 Å². The molecule has 3 heteroatoms. The van der Waals surface area contributed by atoms with Crippen molar-refractivity contribution < 1.29 is 11.0 Å². The van der Waals surface area contributed by atoms with E-state index in [0.717, 1.165) is 0 Å². The van der Waals surface area contributed by atoms with Gasteiger partial charge in [0.05, 0.1) is 0 Å². The monoisotopic (exact) mass is 187 g/mol. The van der Waals surface area contributed by atoms with Gasteiger partial charge in [0.2, 0.25) is 11.8 Å². The fourth-order valence-electron chi connectivity index (χ4n) is 0.478. The molecule has 0 aromatic carbocycles. The van der Waals surface area contributed by atoms with E-state index >= 15 is 0 Å². The van der Waals surface area contributed by atoms with Crippen molar-refractivity contribution in [2.45, 2.75) is 41.5 Å². The van der Waals surface area contributed by atoms with Gasteiger partial charge in [-0.05, 0) is 0 Å². The van der Waals surface area contributed by atoms with Crippen LogP contribution in [0.4, 0.5) is 0 Å². The first-order chi connectivity index (χ1) is 5.55. The van der Waals surface area contributed by atoms with Crippen LogP contribution in [0.15, 0.2) is 0 Å². The van der Waals surface area contributed by atoms with E-state index in [9.17, 15) is 9.59 Å². The summed E-state index contributed by atoms with van der Waals surface area (Å²) in [4.78, 5) is 22.8. The second kappa shape index (κ2) is 3.48. The van der Waals surface area contributed by atoms with Crippen molar-refractivity contribution in [3.8, 4) is 0 Å². The van der Waals surface area contributed by atoms with Gasteiger partial charge in [-0.25, -0.2) is 0 Å². The normalized spacial score (nSPS) is 12.5. The highest BCUT2D eigenvalue weighted by Crippen LogP contribution is 2.16. The molecule has 3 nitrogen and oxygen atoms in total. The van der Waals surface area contributed by atoms with Crippen molar-refractivity contribution >= 4 is 11.8 Å². The third-order valence-electron chi connectivity index (χ3n) is 1.59. The molecule has 0 saturated heterocycles. The number of hydrogen-bond acceptors (Lipinski definition) is 2. The minimum Gasteiger partial charge on any atom is -0.296 e. The maximum Gasteiger partial charge on any atom is 0.231 e. The second-order valence-electron chi connectivity index (χ2n) is 5.28. The molecule has 0 aliphatic rings. The molecule has 2 amide bonds. The van der Waals surface area contributed by atoms with Gasteiger partial charge in [0.1, 0.15) is 0 Å². The molecule has 13 heavy (non-hydrogen) atoms. The van der Waals surface area contributed by atoms with Crippen LogP contribution in [0.3, 0.4) is 0 Å². The van der Waals surface area contributed by atoms with Crippen LogP contribution in [-0.4, -0.2) is 11.8 Å². The summed E-state index contributed by atoms with van der Waals surface area (Å²) in [5.41, 5.74) is -1.03. The first-order valence-electron chi connectivity index (χ1n) is 4.41. The first-order valence-corrected chi connectivity index (χ1v) is 4.41. The van der Waals surface area contributed by atoms with Crippen LogP contribution >= 0.6 is 0 Å². The summed E-state index contributed by atoms with van der Waals surface area (Å²) in [7, 11) is 0. The summed E-state index contributed by atoms with van der Waals surface area (Å²) >= 11 is 0. The lowest BCUT2D eigenvalue weighted by atomic mass is 9.92. The number of carbonyl (C=O) groups is 2. The molecule has 0 aliphatic carbocycles. The van der Waals surface area contributed by atoms with Gasteiger partial charge in [-0.1, -0.05) is 41.5 Å². The average molecular weight is 187 g/mol. The summed E-state index contributed by atoms with van der Waals surface area (Å²) in [6, 6.07) is 0. The number of hydrogen-bond donors (Lipinski definition) is 1. The molecule has 0 aliphatic heterocycles. The van der Waals surface area contributed by atoms with Crippen LogP contribution in [0.5, 0.6) is 0 Å². The molecule has 1 N–H and O–H groups in total. The molecule has 0 atom stereocenters. The predicted molar refractivity (Wildman–Crippen MR) is 54.2 cm³/mol. The lowest BCUT2D eigenvalue weighted by Crippen LogP contribution is -2.44. The standard InChI is InChI=1S/C10H19NO2.H2/c1-9(2,3)7(12)11-8(13)10(4,5)6;/h1-6H3,(H,11,12,13);1H. The summed E-state index contributed by atoms with van der Waals surface area (Å²) in [5, 5.41) is 2.38. The minimum absolute atomic E-state index is 0. The van der Waals surface area contributed by atoms with Gasteiger partial charge >= 0.3 is 0 Å². The molecule has 0 fully saturated rings. The van der Waals surface area contributed by atoms with Gasteiger partial charge in [-0.15, -0.1) is 0 Å². The van der Waals surface area contributed by atoms with Crippen LogP contribution in [0.2, 0.25) is 0 Å². The highest BCUT2D eigenvalue weighted by Gasteiger charge is 2.28. The first kappa shape index (κ1) is 12.1. The van der Waals surface area contributed by atoms with Crippen LogP contribution in [0.25, 0.3) is 0 Å². The topological polar surface area (TPSA) is 46.2 Å². The zero-order valence-electron chi connectivity index (χ0n) is 9.32. The van der Waals surface area contributed by atoms with E-state index in [-0.39, 0.29) is 13.2 Å². The van der Waals surface area contributed by atoms with Crippen LogP contribution in [-0.2, 0) is 9.59 Å². The molecular weight excluding hydrogens is 166 g/mol. The molecule has 0 saturated carbocycles. The number of rotatable bonds is 0. The minimum atomic E-state index is -0.513. The van der Waals surface area contributed by atoms with E-state index in [1.54, 1.807) is 41.5 Å². The van der Waals surface area contributed by atoms with Gasteiger partial charge < -0.3 is 0 Å². The highest BCUT2D eigenvalue weighted by atomic mass is 16.2. The Morgan fingerprint density at radius 3 is 1.23 bits per heavy atom. The van der Waals surface area contributed by atoms with Crippen molar-refractivity contribution in [2.75, 3.05) is 0 Å². The van der Waals surface area contributed by atoms with Crippen molar-refractivity contribution in [3.63, 3.8) is 0 Å². The zero-order chi connectivity index (χ0) is 10.9. The summed E-state index contributed by atoms with van der Waals surface area (Å²) in [6.45, 7) is 10.7. The molecule has 0 spiro atoms. The molecule has 0 aromatic rings. The van der Waals surface area contributed by atoms with Crippen molar-refractivity contribution in [2.24, 2.45) is 10.8 Å². The van der Waals surface area contributed by atoms with Crippen molar-refractivity contribution in [1.82, 2.24) is 5.32 Å². The second-order valence-corrected chi connectivity index (χ2v) is 5.28. The Morgan fingerprint density at radius 2 is 1.08 bits per heavy atom. The van der Waals surface area contributed by atoms with Crippen LogP contribution in [0.1, 0.15) is 43.0 Å². The molecule has 78 valence electrons.